The van der Waals surface area contributed by atoms with Crippen LogP contribution in [-0.4, -0.2) is 11.1 Å². The topological polar surface area (TPSA) is 55.1 Å². The molecule has 0 radical (unpaired) electrons. The van der Waals surface area contributed by atoms with Crippen molar-refractivity contribution in [3.8, 4) is 0 Å². The Hall–Kier alpha value is -2.10. The quantitative estimate of drug-likeness (QED) is 0.909. The number of hydrogen-bond donors (Lipinski definition) is 1. The molecular weight excluding hydrogens is 264 g/mol. The molecule has 1 N–H and O–H groups in total. The van der Waals surface area contributed by atoms with Gasteiger partial charge in [0.25, 0.3) is 5.91 Å². The van der Waals surface area contributed by atoms with E-state index in [2.05, 4.69) is 24.3 Å². The number of nitrogens with zero attached hydrogens (tertiary/aromatic N) is 1. The molecule has 0 saturated carbocycles. The van der Waals surface area contributed by atoms with Crippen LogP contribution in [0.2, 0.25) is 0 Å². The predicted octanol–water partition coefficient (Wildman–Crippen LogP) is 3.81. The predicted molar refractivity (Wildman–Crippen MR) is 82.1 cm³/mol. The zero-order valence-electron chi connectivity index (χ0n) is 13.0. The van der Waals surface area contributed by atoms with Gasteiger partial charge in [0.1, 0.15) is 11.3 Å². The molecule has 0 aliphatic carbocycles. The molecule has 1 heterocycles. The number of carbonyl (C=O) groups excluding carboxylic acids is 1. The molecule has 0 bridgehead atoms. The molecule has 0 fully saturated rings. The Kier molecular flexibility index (Phi) is 4.78. The van der Waals surface area contributed by atoms with Crippen LogP contribution < -0.4 is 5.32 Å². The molecular formula is C17H22N2O2. The number of hydrogen-bond acceptors (Lipinski definition) is 3. The highest BCUT2D eigenvalue weighted by molar-refractivity contribution is 5.96. The maximum atomic E-state index is 12.5. The van der Waals surface area contributed by atoms with Crippen LogP contribution in [0.15, 0.2) is 34.9 Å². The number of benzene rings is 1. The highest BCUT2D eigenvalue weighted by atomic mass is 16.5. The minimum absolute atomic E-state index is 0.00704. The van der Waals surface area contributed by atoms with Crippen LogP contribution in [-0.2, 0) is 0 Å². The van der Waals surface area contributed by atoms with E-state index >= 15 is 0 Å². The average Bonchev–Trinajstić information content (AvgIpc) is 2.78. The van der Waals surface area contributed by atoms with Crippen LogP contribution in [0.3, 0.4) is 0 Å². The summed E-state index contributed by atoms with van der Waals surface area (Å²) in [4.78, 5) is 12.5. The zero-order chi connectivity index (χ0) is 15.4. The van der Waals surface area contributed by atoms with Crippen molar-refractivity contribution in [1.82, 2.24) is 10.5 Å². The van der Waals surface area contributed by atoms with Crippen LogP contribution in [0.4, 0.5) is 0 Å². The van der Waals surface area contributed by atoms with Gasteiger partial charge in [-0.1, -0.05) is 49.3 Å². The SMILES string of the molecule is Cc1noc(C)c1C(=O)N[C@H](CC(C)C)c1ccccc1. The average molecular weight is 286 g/mol. The third-order valence-corrected chi connectivity index (χ3v) is 3.47. The first-order valence-corrected chi connectivity index (χ1v) is 7.27. The number of amides is 1. The fourth-order valence-corrected chi connectivity index (χ4v) is 2.47. The molecule has 0 aliphatic heterocycles. The third kappa shape index (κ3) is 3.72. The van der Waals surface area contributed by atoms with Gasteiger partial charge in [-0.3, -0.25) is 4.79 Å². The highest BCUT2D eigenvalue weighted by Crippen LogP contribution is 2.22. The van der Waals surface area contributed by atoms with Crippen molar-refractivity contribution in [3.63, 3.8) is 0 Å². The minimum Gasteiger partial charge on any atom is -0.361 e. The van der Waals surface area contributed by atoms with Crippen LogP contribution in [0.1, 0.15) is 53.7 Å². The Morgan fingerprint density at radius 1 is 1.24 bits per heavy atom. The van der Waals surface area contributed by atoms with E-state index in [-0.39, 0.29) is 11.9 Å². The van der Waals surface area contributed by atoms with E-state index in [0.717, 1.165) is 12.0 Å². The second kappa shape index (κ2) is 6.57. The molecule has 0 aliphatic rings. The van der Waals surface area contributed by atoms with Crippen molar-refractivity contribution in [1.29, 1.82) is 0 Å². The first kappa shape index (κ1) is 15.3. The molecule has 0 unspecified atom stereocenters. The molecule has 0 saturated heterocycles. The van der Waals surface area contributed by atoms with Gasteiger partial charge in [-0.15, -0.1) is 0 Å². The summed E-state index contributed by atoms with van der Waals surface area (Å²) in [7, 11) is 0. The molecule has 1 atom stereocenters. The second-order valence-corrected chi connectivity index (χ2v) is 5.77. The largest absolute Gasteiger partial charge is 0.361 e. The molecule has 112 valence electrons. The van der Waals surface area contributed by atoms with Gasteiger partial charge >= 0.3 is 0 Å². The van der Waals surface area contributed by atoms with Gasteiger partial charge in [-0.25, -0.2) is 0 Å². The summed E-state index contributed by atoms with van der Waals surface area (Å²) >= 11 is 0. The molecule has 1 aromatic heterocycles. The third-order valence-electron chi connectivity index (χ3n) is 3.47. The Morgan fingerprint density at radius 3 is 2.43 bits per heavy atom. The van der Waals surface area contributed by atoms with E-state index in [1.807, 2.05) is 30.3 Å². The van der Waals surface area contributed by atoms with E-state index < -0.39 is 0 Å². The van der Waals surface area contributed by atoms with Crippen molar-refractivity contribution >= 4 is 5.91 Å². The summed E-state index contributed by atoms with van der Waals surface area (Å²) in [5.41, 5.74) is 2.28. The zero-order valence-corrected chi connectivity index (χ0v) is 13.0. The van der Waals surface area contributed by atoms with Crippen molar-refractivity contribution in [3.05, 3.63) is 52.9 Å². The number of aryl methyl sites for hydroxylation is 2. The lowest BCUT2D eigenvalue weighted by Gasteiger charge is -2.21. The fraction of sp³-hybridized carbons (Fsp3) is 0.412. The Morgan fingerprint density at radius 2 is 1.90 bits per heavy atom. The maximum Gasteiger partial charge on any atom is 0.257 e. The molecule has 2 aromatic rings. The van der Waals surface area contributed by atoms with Gasteiger partial charge in [0.05, 0.1) is 11.7 Å². The van der Waals surface area contributed by atoms with Crippen molar-refractivity contribution in [2.45, 2.75) is 40.2 Å². The maximum absolute atomic E-state index is 12.5. The van der Waals surface area contributed by atoms with Gasteiger partial charge in [0, 0.05) is 0 Å². The first-order valence-electron chi connectivity index (χ1n) is 7.27. The Balaban J connectivity index is 2.21. The molecule has 0 spiro atoms. The molecule has 1 amide bonds. The number of nitrogens with one attached hydrogen (secondary N) is 1. The van der Waals surface area contributed by atoms with Crippen LogP contribution in [0.25, 0.3) is 0 Å². The number of carbonyl (C=O) groups is 1. The van der Waals surface area contributed by atoms with Crippen LogP contribution >= 0.6 is 0 Å². The minimum atomic E-state index is -0.124. The first-order chi connectivity index (χ1) is 9.99. The highest BCUT2D eigenvalue weighted by Gasteiger charge is 2.22. The molecule has 4 nitrogen and oxygen atoms in total. The van der Waals surface area contributed by atoms with Gasteiger partial charge in [-0.2, -0.15) is 0 Å². The lowest BCUT2D eigenvalue weighted by atomic mass is 9.96. The summed E-state index contributed by atoms with van der Waals surface area (Å²) in [6, 6.07) is 10.0. The van der Waals surface area contributed by atoms with E-state index in [0.29, 0.717) is 22.9 Å². The lowest BCUT2D eigenvalue weighted by Crippen LogP contribution is -2.30. The molecule has 4 heteroatoms. The fourth-order valence-electron chi connectivity index (χ4n) is 2.47. The summed E-state index contributed by atoms with van der Waals surface area (Å²) < 4.78 is 5.07. The van der Waals surface area contributed by atoms with E-state index in [9.17, 15) is 4.79 Å². The van der Waals surface area contributed by atoms with Crippen molar-refractivity contribution in [2.24, 2.45) is 5.92 Å². The monoisotopic (exact) mass is 286 g/mol. The summed E-state index contributed by atoms with van der Waals surface area (Å²) in [6.07, 6.45) is 0.888. The lowest BCUT2D eigenvalue weighted by molar-refractivity contribution is 0.0930. The van der Waals surface area contributed by atoms with Crippen LogP contribution in [0.5, 0.6) is 0 Å². The standard InChI is InChI=1S/C17H22N2O2/c1-11(2)10-15(14-8-6-5-7-9-14)18-17(20)16-12(3)19-21-13(16)4/h5-9,11,15H,10H2,1-4H3,(H,18,20)/t15-/m1/s1. The number of aromatic nitrogens is 1. The van der Waals surface area contributed by atoms with Crippen molar-refractivity contribution < 1.29 is 9.32 Å². The van der Waals surface area contributed by atoms with E-state index in [4.69, 9.17) is 4.52 Å². The summed E-state index contributed by atoms with van der Waals surface area (Å²) in [5.74, 6) is 0.919. The van der Waals surface area contributed by atoms with Crippen LogP contribution in [0, 0.1) is 19.8 Å². The molecule has 21 heavy (non-hydrogen) atoms. The molecule has 1 aromatic carbocycles. The normalized spacial score (nSPS) is 12.4. The number of rotatable bonds is 5. The Labute approximate surface area is 125 Å². The van der Waals surface area contributed by atoms with Gasteiger partial charge < -0.3 is 9.84 Å². The Bertz CT molecular complexity index is 583. The van der Waals surface area contributed by atoms with E-state index in [1.165, 1.54) is 0 Å². The molecule has 2 rings (SSSR count). The summed E-state index contributed by atoms with van der Waals surface area (Å²) in [6.45, 7) is 7.84. The van der Waals surface area contributed by atoms with Gasteiger partial charge in [0.15, 0.2) is 0 Å². The van der Waals surface area contributed by atoms with E-state index in [1.54, 1.807) is 13.8 Å². The van der Waals surface area contributed by atoms with Gasteiger partial charge in [0.2, 0.25) is 0 Å². The smallest absolute Gasteiger partial charge is 0.257 e. The summed E-state index contributed by atoms with van der Waals surface area (Å²) in [5, 5.41) is 6.95. The second-order valence-electron chi connectivity index (χ2n) is 5.77. The van der Waals surface area contributed by atoms with Gasteiger partial charge in [-0.05, 0) is 31.7 Å². The van der Waals surface area contributed by atoms with Crippen molar-refractivity contribution in [2.75, 3.05) is 0 Å².